The summed E-state index contributed by atoms with van der Waals surface area (Å²) in [5, 5.41) is 1.05. The van der Waals surface area contributed by atoms with Crippen molar-refractivity contribution in [3.63, 3.8) is 0 Å². The fourth-order valence-corrected chi connectivity index (χ4v) is 4.17. The van der Waals surface area contributed by atoms with Gasteiger partial charge in [-0.25, -0.2) is 0 Å². The maximum Gasteiger partial charge on any atom is 0.227 e. The van der Waals surface area contributed by atoms with E-state index in [9.17, 15) is 4.79 Å². The van der Waals surface area contributed by atoms with Crippen LogP contribution in [0.15, 0.2) is 34.9 Å². The highest BCUT2D eigenvalue weighted by Gasteiger charge is 2.31. The van der Waals surface area contributed by atoms with Gasteiger partial charge in [0.25, 0.3) is 0 Å². The predicted octanol–water partition coefficient (Wildman–Crippen LogP) is 2.69. The van der Waals surface area contributed by atoms with Crippen LogP contribution in [0.5, 0.6) is 0 Å². The van der Waals surface area contributed by atoms with Gasteiger partial charge in [0.15, 0.2) is 0 Å². The normalized spacial score (nSPS) is 23.2. The number of rotatable bonds is 3. The van der Waals surface area contributed by atoms with Crippen LogP contribution in [0, 0.1) is 0 Å². The maximum absolute atomic E-state index is 12.8. The fourth-order valence-electron chi connectivity index (χ4n) is 4.17. The van der Waals surface area contributed by atoms with Crippen molar-refractivity contribution in [2.24, 2.45) is 0 Å². The number of furan rings is 1. The molecule has 2 aromatic rings. The summed E-state index contributed by atoms with van der Waals surface area (Å²) >= 11 is 0. The molecule has 0 aliphatic carbocycles. The van der Waals surface area contributed by atoms with E-state index in [1.807, 2.05) is 29.2 Å². The van der Waals surface area contributed by atoms with Crippen molar-refractivity contribution in [2.75, 3.05) is 32.8 Å². The van der Waals surface area contributed by atoms with Crippen LogP contribution in [0.3, 0.4) is 0 Å². The number of amides is 1. The maximum atomic E-state index is 12.8. The fraction of sp³-hybridized carbons (Fsp3) is 0.550. The third-order valence-electron chi connectivity index (χ3n) is 5.59. The number of nitrogens with zero attached hydrogens (tertiary/aromatic N) is 2. The second-order valence-electron chi connectivity index (χ2n) is 7.21. The molecule has 2 aliphatic heterocycles. The molecule has 0 radical (unpaired) electrons. The van der Waals surface area contributed by atoms with Gasteiger partial charge in [-0.15, -0.1) is 0 Å². The molecule has 0 spiro atoms. The lowest BCUT2D eigenvalue weighted by molar-refractivity contribution is -0.135. The molecular formula is C20H26N2O3. The molecule has 25 heavy (non-hydrogen) atoms. The second kappa shape index (κ2) is 7.18. The quantitative estimate of drug-likeness (QED) is 0.860. The van der Waals surface area contributed by atoms with Gasteiger partial charge in [0, 0.05) is 55.9 Å². The lowest BCUT2D eigenvalue weighted by atomic mass is 10.0. The molecule has 2 fully saturated rings. The van der Waals surface area contributed by atoms with Crippen molar-refractivity contribution in [3.8, 4) is 0 Å². The van der Waals surface area contributed by atoms with Crippen LogP contribution in [0.25, 0.3) is 11.0 Å². The Balaban J connectivity index is 1.39. The third kappa shape index (κ3) is 3.44. The van der Waals surface area contributed by atoms with Gasteiger partial charge in [-0.3, -0.25) is 9.69 Å². The molecule has 0 saturated carbocycles. The zero-order chi connectivity index (χ0) is 17.2. The van der Waals surface area contributed by atoms with Crippen LogP contribution in [-0.4, -0.2) is 60.6 Å². The van der Waals surface area contributed by atoms with Gasteiger partial charge >= 0.3 is 0 Å². The summed E-state index contributed by atoms with van der Waals surface area (Å²) in [5.74, 6) is 0.200. The number of para-hydroxylation sites is 1. The van der Waals surface area contributed by atoms with Gasteiger partial charge in [-0.1, -0.05) is 18.2 Å². The van der Waals surface area contributed by atoms with Gasteiger partial charge in [-0.2, -0.15) is 0 Å². The molecule has 5 heteroatoms. The van der Waals surface area contributed by atoms with E-state index < -0.39 is 0 Å². The third-order valence-corrected chi connectivity index (χ3v) is 5.59. The van der Waals surface area contributed by atoms with Crippen LogP contribution in [0.4, 0.5) is 0 Å². The summed E-state index contributed by atoms with van der Waals surface area (Å²) < 4.78 is 11.0. The first-order valence-electron chi connectivity index (χ1n) is 9.29. The Morgan fingerprint density at radius 2 is 2.00 bits per heavy atom. The summed E-state index contributed by atoms with van der Waals surface area (Å²) in [6.45, 7) is 6.64. The van der Waals surface area contributed by atoms with Crippen LogP contribution in [-0.2, 0) is 16.0 Å². The Labute approximate surface area is 148 Å². The molecule has 1 atom stereocenters. The van der Waals surface area contributed by atoms with E-state index in [1.54, 1.807) is 6.26 Å². The van der Waals surface area contributed by atoms with E-state index in [4.69, 9.17) is 9.15 Å². The van der Waals surface area contributed by atoms with Crippen LogP contribution < -0.4 is 0 Å². The summed E-state index contributed by atoms with van der Waals surface area (Å²) in [5.41, 5.74) is 1.84. The topological polar surface area (TPSA) is 45.9 Å². The average Bonchev–Trinajstić information content (AvgIpc) is 3.05. The number of carbonyl (C=O) groups excluding carboxylic acids is 1. The van der Waals surface area contributed by atoms with Crippen LogP contribution in [0.2, 0.25) is 0 Å². The lowest BCUT2D eigenvalue weighted by Gasteiger charge is -2.44. The molecule has 0 N–H and O–H groups in total. The van der Waals surface area contributed by atoms with Gasteiger partial charge < -0.3 is 14.1 Å². The SMILES string of the molecule is C[C@@H]1CN(C2CCOCC2)CCN1C(=O)Cc1coc2ccccc12. The highest BCUT2D eigenvalue weighted by molar-refractivity contribution is 5.87. The highest BCUT2D eigenvalue weighted by Crippen LogP contribution is 2.23. The molecule has 4 rings (SSSR count). The number of fused-ring (bicyclic) bond motifs is 1. The Morgan fingerprint density at radius 1 is 1.20 bits per heavy atom. The first kappa shape index (κ1) is 16.6. The van der Waals surface area contributed by atoms with E-state index in [-0.39, 0.29) is 11.9 Å². The second-order valence-corrected chi connectivity index (χ2v) is 7.21. The molecule has 134 valence electrons. The first-order valence-corrected chi connectivity index (χ1v) is 9.29. The number of hydrogen-bond donors (Lipinski definition) is 0. The molecule has 2 saturated heterocycles. The molecule has 5 nitrogen and oxygen atoms in total. The van der Waals surface area contributed by atoms with E-state index >= 15 is 0 Å². The minimum atomic E-state index is 0.200. The first-order chi connectivity index (χ1) is 12.2. The molecule has 1 aromatic carbocycles. The minimum Gasteiger partial charge on any atom is -0.464 e. The molecule has 0 unspecified atom stereocenters. The van der Waals surface area contributed by atoms with Gasteiger partial charge in [0.1, 0.15) is 5.58 Å². The number of ether oxygens (including phenoxy) is 1. The van der Waals surface area contributed by atoms with E-state index in [0.717, 1.165) is 62.2 Å². The Bertz CT molecular complexity index is 735. The van der Waals surface area contributed by atoms with Gasteiger partial charge in [-0.05, 0) is 25.8 Å². The molecule has 3 heterocycles. The Morgan fingerprint density at radius 3 is 2.80 bits per heavy atom. The van der Waals surface area contributed by atoms with Crippen LogP contribution in [0.1, 0.15) is 25.3 Å². The zero-order valence-electron chi connectivity index (χ0n) is 14.8. The molecule has 1 aromatic heterocycles. The van der Waals surface area contributed by atoms with Crippen LogP contribution >= 0.6 is 0 Å². The number of benzene rings is 1. The zero-order valence-corrected chi connectivity index (χ0v) is 14.8. The van der Waals surface area contributed by atoms with Crippen molar-refractivity contribution in [1.29, 1.82) is 0 Å². The molecule has 0 bridgehead atoms. The number of hydrogen-bond acceptors (Lipinski definition) is 4. The van der Waals surface area contributed by atoms with Crippen molar-refractivity contribution < 1.29 is 13.9 Å². The molecular weight excluding hydrogens is 316 g/mol. The van der Waals surface area contributed by atoms with E-state index in [2.05, 4.69) is 11.8 Å². The summed E-state index contributed by atoms with van der Waals surface area (Å²) in [4.78, 5) is 17.4. The van der Waals surface area contributed by atoms with Gasteiger partial charge in [0.05, 0.1) is 12.7 Å². The molecule has 2 aliphatic rings. The van der Waals surface area contributed by atoms with Crippen molar-refractivity contribution in [1.82, 2.24) is 9.80 Å². The van der Waals surface area contributed by atoms with Crippen molar-refractivity contribution in [3.05, 3.63) is 36.1 Å². The number of piperazine rings is 1. The number of carbonyl (C=O) groups is 1. The minimum absolute atomic E-state index is 0.200. The van der Waals surface area contributed by atoms with Crippen molar-refractivity contribution >= 4 is 16.9 Å². The largest absolute Gasteiger partial charge is 0.464 e. The van der Waals surface area contributed by atoms with E-state index in [1.165, 1.54) is 0 Å². The smallest absolute Gasteiger partial charge is 0.227 e. The summed E-state index contributed by atoms with van der Waals surface area (Å²) in [7, 11) is 0. The van der Waals surface area contributed by atoms with Crippen molar-refractivity contribution in [2.45, 2.75) is 38.3 Å². The summed E-state index contributed by atoms with van der Waals surface area (Å²) in [6.07, 6.45) is 4.37. The standard InChI is InChI=1S/C20H26N2O3/c1-15-13-21(17-6-10-24-11-7-17)8-9-22(15)20(23)12-16-14-25-19-5-3-2-4-18(16)19/h2-5,14-15,17H,6-13H2,1H3/t15-/m1/s1. The predicted molar refractivity (Wildman–Crippen MR) is 96.5 cm³/mol. The van der Waals surface area contributed by atoms with Gasteiger partial charge in [0.2, 0.25) is 5.91 Å². The summed E-state index contributed by atoms with van der Waals surface area (Å²) in [6, 6.07) is 8.77. The monoisotopic (exact) mass is 342 g/mol. The highest BCUT2D eigenvalue weighted by atomic mass is 16.5. The lowest BCUT2D eigenvalue weighted by Crippen LogP contribution is -2.57. The van der Waals surface area contributed by atoms with E-state index in [0.29, 0.717) is 12.5 Å². The Hall–Kier alpha value is -1.85. The Kier molecular flexibility index (Phi) is 4.77. The molecule has 1 amide bonds. The average molecular weight is 342 g/mol.